The summed E-state index contributed by atoms with van der Waals surface area (Å²) < 4.78 is 0. The number of carbonyl (C=O) groups is 2. The zero-order chi connectivity index (χ0) is 23.0. The van der Waals surface area contributed by atoms with Crippen molar-refractivity contribution in [3.63, 3.8) is 0 Å². The first-order valence-electron chi connectivity index (χ1n) is 11.1. The van der Waals surface area contributed by atoms with Gasteiger partial charge in [-0.05, 0) is 56.5 Å². The van der Waals surface area contributed by atoms with Crippen molar-refractivity contribution in [1.82, 2.24) is 15.2 Å². The van der Waals surface area contributed by atoms with E-state index in [1.165, 1.54) is 5.56 Å². The predicted molar refractivity (Wildman–Crippen MR) is 129 cm³/mol. The van der Waals surface area contributed by atoms with Crippen LogP contribution in [0.15, 0.2) is 48.5 Å². The van der Waals surface area contributed by atoms with Crippen molar-refractivity contribution in [2.45, 2.75) is 45.2 Å². The van der Waals surface area contributed by atoms with Crippen molar-refractivity contribution in [1.29, 1.82) is 0 Å². The number of benzene rings is 2. The average Bonchev–Trinajstić information content (AvgIpc) is 2.98. The second-order valence-corrected chi connectivity index (χ2v) is 9.77. The third-order valence-electron chi connectivity index (χ3n) is 5.94. The van der Waals surface area contributed by atoms with E-state index in [4.69, 9.17) is 0 Å². The van der Waals surface area contributed by atoms with Crippen LogP contribution in [0.5, 0.6) is 0 Å². The minimum absolute atomic E-state index is 0.0407. The van der Waals surface area contributed by atoms with Gasteiger partial charge in [-0.15, -0.1) is 0 Å². The number of carbonyl (C=O) groups excluding carboxylic acids is 2. The van der Waals surface area contributed by atoms with Crippen LogP contribution >= 0.6 is 0 Å². The quantitative estimate of drug-likeness (QED) is 0.659. The molecule has 2 aromatic carbocycles. The number of fused-ring (bicyclic) bond motifs is 3. The van der Waals surface area contributed by atoms with E-state index in [9.17, 15) is 9.59 Å². The number of anilines is 1. The van der Waals surface area contributed by atoms with Crippen LogP contribution in [0.25, 0.3) is 10.9 Å². The molecule has 1 unspecified atom stereocenters. The fraction of sp³-hybridized carbons (Fsp3) is 0.385. The van der Waals surface area contributed by atoms with E-state index in [0.717, 1.165) is 27.8 Å². The maximum absolute atomic E-state index is 13.4. The number of aromatic nitrogens is 1. The molecular weight excluding hydrogens is 400 g/mol. The maximum atomic E-state index is 13.4. The van der Waals surface area contributed by atoms with Crippen molar-refractivity contribution in [2.75, 3.05) is 25.5 Å². The summed E-state index contributed by atoms with van der Waals surface area (Å²) in [5, 5.41) is 4.24. The topological polar surface area (TPSA) is 68.4 Å². The van der Waals surface area contributed by atoms with Crippen molar-refractivity contribution in [3.8, 4) is 0 Å². The number of rotatable bonds is 4. The van der Waals surface area contributed by atoms with Crippen LogP contribution in [0.4, 0.5) is 5.69 Å². The summed E-state index contributed by atoms with van der Waals surface area (Å²) in [5.41, 5.74) is 4.66. The minimum Gasteiger partial charge on any atom is -0.378 e. The lowest BCUT2D eigenvalue weighted by atomic mass is 10.0. The van der Waals surface area contributed by atoms with Gasteiger partial charge in [0.15, 0.2) is 0 Å². The van der Waals surface area contributed by atoms with Gasteiger partial charge >= 0.3 is 0 Å². The Balaban J connectivity index is 1.69. The Hall–Kier alpha value is -3.28. The van der Waals surface area contributed by atoms with Gasteiger partial charge in [0.1, 0.15) is 6.04 Å². The van der Waals surface area contributed by atoms with Gasteiger partial charge in [0.25, 0.3) is 0 Å². The van der Waals surface area contributed by atoms with Gasteiger partial charge in [0.2, 0.25) is 11.8 Å². The van der Waals surface area contributed by atoms with Gasteiger partial charge in [0.05, 0.1) is 6.42 Å². The van der Waals surface area contributed by atoms with E-state index in [0.29, 0.717) is 13.0 Å². The molecule has 0 radical (unpaired) electrons. The summed E-state index contributed by atoms with van der Waals surface area (Å²) in [5.74, 6) is -0.195. The summed E-state index contributed by atoms with van der Waals surface area (Å²) in [6.07, 6.45) is 0.971. The monoisotopic (exact) mass is 432 g/mol. The van der Waals surface area contributed by atoms with Crippen LogP contribution in [0.1, 0.15) is 43.6 Å². The number of hydrogen-bond acceptors (Lipinski definition) is 3. The first-order chi connectivity index (χ1) is 15.1. The smallest absolute Gasteiger partial charge is 0.247 e. The molecule has 1 aliphatic heterocycles. The summed E-state index contributed by atoms with van der Waals surface area (Å²) >= 11 is 0. The number of aromatic amines is 1. The maximum Gasteiger partial charge on any atom is 0.247 e. The fourth-order valence-electron chi connectivity index (χ4n) is 4.44. The summed E-state index contributed by atoms with van der Waals surface area (Å²) in [6.45, 7) is 6.36. The van der Waals surface area contributed by atoms with Crippen molar-refractivity contribution < 1.29 is 9.59 Å². The lowest BCUT2D eigenvalue weighted by Gasteiger charge is -2.33. The molecule has 2 N–H and O–H groups in total. The Kier molecular flexibility index (Phi) is 5.71. The number of para-hydroxylation sites is 1. The van der Waals surface area contributed by atoms with E-state index in [1.807, 2.05) is 82.2 Å². The third-order valence-corrected chi connectivity index (χ3v) is 5.94. The molecule has 6 nitrogen and oxygen atoms in total. The zero-order valence-corrected chi connectivity index (χ0v) is 19.5. The number of amides is 2. The van der Waals surface area contributed by atoms with E-state index in [1.54, 1.807) is 4.90 Å². The molecule has 6 heteroatoms. The lowest BCUT2D eigenvalue weighted by Crippen LogP contribution is -2.49. The summed E-state index contributed by atoms with van der Waals surface area (Å²) in [4.78, 5) is 34.0. The molecular formula is C26H32N4O2. The second-order valence-electron chi connectivity index (χ2n) is 9.77. The number of nitrogens with zero attached hydrogens (tertiary/aromatic N) is 2. The molecule has 0 fully saturated rings. The average molecular weight is 433 g/mol. The number of hydrogen-bond donors (Lipinski definition) is 2. The molecule has 0 aliphatic carbocycles. The van der Waals surface area contributed by atoms with E-state index < -0.39 is 11.6 Å². The SMILES string of the molecule is CN(C)c1ccc(C(C(=O)NC(C)(C)C)N2CCc3c([nH]c4ccccc34)CC2=O)cc1. The van der Waals surface area contributed by atoms with Gasteiger partial charge in [-0.25, -0.2) is 0 Å². The van der Waals surface area contributed by atoms with E-state index in [-0.39, 0.29) is 18.2 Å². The van der Waals surface area contributed by atoms with Crippen LogP contribution in [-0.4, -0.2) is 47.9 Å². The van der Waals surface area contributed by atoms with Gasteiger partial charge in [0, 0.05) is 48.5 Å². The molecule has 3 aromatic rings. The highest BCUT2D eigenvalue weighted by molar-refractivity contribution is 5.92. The van der Waals surface area contributed by atoms with Crippen LogP contribution in [0.2, 0.25) is 0 Å². The third kappa shape index (κ3) is 4.35. The zero-order valence-electron chi connectivity index (χ0n) is 19.5. The van der Waals surface area contributed by atoms with Crippen molar-refractivity contribution in [2.24, 2.45) is 0 Å². The van der Waals surface area contributed by atoms with Crippen molar-refractivity contribution >= 4 is 28.4 Å². The van der Waals surface area contributed by atoms with Gasteiger partial charge in [-0.3, -0.25) is 9.59 Å². The number of H-pyrrole nitrogens is 1. The molecule has 0 saturated heterocycles. The highest BCUT2D eigenvalue weighted by Crippen LogP contribution is 2.31. The van der Waals surface area contributed by atoms with Gasteiger partial charge in [-0.2, -0.15) is 0 Å². The standard InChI is InChI=1S/C26H32N4O2/c1-26(2,3)28-25(32)24(17-10-12-18(13-11-17)29(4)5)30-15-14-20-19-8-6-7-9-21(19)27-22(20)16-23(30)31/h6-13,24,27H,14-16H2,1-5H3,(H,28,32). The minimum atomic E-state index is -0.673. The molecule has 32 heavy (non-hydrogen) atoms. The van der Waals surface area contributed by atoms with E-state index in [2.05, 4.69) is 16.4 Å². The Morgan fingerprint density at radius 2 is 1.78 bits per heavy atom. The first kappa shape index (κ1) is 21.9. The van der Waals surface area contributed by atoms with Crippen LogP contribution in [-0.2, 0) is 22.4 Å². The fourth-order valence-corrected chi connectivity index (χ4v) is 4.44. The molecule has 2 amide bonds. The highest BCUT2D eigenvalue weighted by Gasteiger charge is 2.35. The Morgan fingerprint density at radius 1 is 1.09 bits per heavy atom. The normalized spacial score (nSPS) is 15.3. The molecule has 1 aliphatic rings. The summed E-state index contributed by atoms with van der Waals surface area (Å²) in [7, 11) is 3.96. The second kappa shape index (κ2) is 8.34. The largest absolute Gasteiger partial charge is 0.378 e. The highest BCUT2D eigenvalue weighted by atomic mass is 16.2. The predicted octanol–water partition coefficient (Wildman–Crippen LogP) is 3.82. The molecule has 1 atom stereocenters. The molecule has 0 bridgehead atoms. The lowest BCUT2D eigenvalue weighted by molar-refractivity contribution is -0.140. The molecule has 2 heterocycles. The molecule has 0 saturated carbocycles. The number of nitrogens with one attached hydrogen (secondary N) is 2. The van der Waals surface area contributed by atoms with Crippen molar-refractivity contribution in [3.05, 3.63) is 65.4 Å². The first-order valence-corrected chi connectivity index (χ1v) is 11.1. The molecule has 4 rings (SSSR count). The molecule has 168 valence electrons. The Morgan fingerprint density at radius 3 is 2.44 bits per heavy atom. The molecule has 1 aromatic heterocycles. The van der Waals surface area contributed by atoms with Crippen LogP contribution < -0.4 is 10.2 Å². The van der Waals surface area contributed by atoms with Gasteiger partial charge in [-0.1, -0.05) is 30.3 Å². The molecule has 0 spiro atoms. The van der Waals surface area contributed by atoms with Crippen LogP contribution in [0.3, 0.4) is 0 Å². The summed E-state index contributed by atoms with van der Waals surface area (Å²) in [6, 6.07) is 15.4. The Bertz CT molecular complexity index is 1140. The van der Waals surface area contributed by atoms with Crippen LogP contribution in [0, 0.1) is 0 Å². The Labute approximate surface area is 189 Å². The van der Waals surface area contributed by atoms with Gasteiger partial charge < -0.3 is 20.1 Å². The van der Waals surface area contributed by atoms with E-state index >= 15 is 0 Å².